The lowest BCUT2D eigenvalue weighted by Crippen LogP contribution is -2.18. The van der Waals surface area contributed by atoms with E-state index >= 15 is 0 Å². The maximum absolute atomic E-state index is 4.97. The van der Waals surface area contributed by atoms with Gasteiger partial charge in [-0.3, -0.25) is 0 Å². The van der Waals surface area contributed by atoms with E-state index < -0.39 is 0 Å². The van der Waals surface area contributed by atoms with Crippen LogP contribution in [0.3, 0.4) is 0 Å². The Labute approximate surface area is 49.5 Å². The van der Waals surface area contributed by atoms with Gasteiger partial charge in [0, 0.05) is 0 Å². The lowest BCUT2D eigenvalue weighted by atomic mass is 10.2. The predicted octanol–water partition coefficient (Wildman–Crippen LogP) is 1.20. The van der Waals surface area contributed by atoms with E-state index in [2.05, 4.69) is 18.5 Å². The second-order valence-electron chi connectivity index (χ2n) is 2.01. The molecule has 2 nitrogen and oxygen atoms in total. The fourth-order valence-electron chi connectivity index (χ4n) is 0.721. The zero-order valence-corrected chi connectivity index (χ0v) is 5.27. The summed E-state index contributed by atoms with van der Waals surface area (Å²) in [5.74, 6) is 0.983. The highest BCUT2D eigenvalue weighted by Gasteiger charge is 2.09. The second kappa shape index (κ2) is 2.18. The van der Waals surface area contributed by atoms with Gasteiger partial charge in [0.1, 0.15) is 5.76 Å². The normalized spacial score (nSPS) is 27.2. The Hall–Kier alpha value is -0.500. The van der Waals surface area contributed by atoms with Crippen LogP contribution >= 0.6 is 0 Å². The van der Waals surface area contributed by atoms with Gasteiger partial charge in [-0.05, 0) is 19.4 Å². The van der Waals surface area contributed by atoms with Crippen LogP contribution in [-0.4, -0.2) is 6.04 Å². The van der Waals surface area contributed by atoms with Crippen molar-refractivity contribution in [3.05, 3.63) is 11.8 Å². The van der Waals surface area contributed by atoms with Crippen molar-refractivity contribution in [1.82, 2.24) is 5.48 Å². The summed E-state index contributed by atoms with van der Waals surface area (Å²) in [7, 11) is 0. The van der Waals surface area contributed by atoms with Gasteiger partial charge in [0.25, 0.3) is 0 Å². The summed E-state index contributed by atoms with van der Waals surface area (Å²) in [4.78, 5) is 4.97. The Morgan fingerprint density at radius 1 is 1.88 bits per heavy atom. The average molecular weight is 113 g/mol. The molecule has 1 unspecified atom stereocenters. The van der Waals surface area contributed by atoms with E-state index in [0.29, 0.717) is 6.04 Å². The molecule has 46 valence electrons. The van der Waals surface area contributed by atoms with E-state index in [-0.39, 0.29) is 0 Å². The fourth-order valence-corrected chi connectivity index (χ4v) is 0.721. The third kappa shape index (κ3) is 1.01. The Balaban J connectivity index is 2.41. The monoisotopic (exact) mass is 113 g/mol. The van der Waals surface area contributed by atoms with Gasteiger partial charge in [-0.15, -0.1) is 0 Å². The van der Waals surface area contributed by atoms with E-state index in [4.69, 9.17) is 4.84 Å². The lowest BCUT2D eigenvalue weighted by molar-refractivity contribution is 0.116. The minimum Gasteiger partial charge on any atom is -0.413 e. The molecule has 0 amide bonds. The SMILES string of the molecule is CCC1C=C(C)ON1. The van der Waals surface area contributed by atoms with Crippen LogP contribution in [-0.2, 0) is 4.84 Å². The molecule has 1 aliphatic rings. The molecule has 2 heteroatoms. The van der Waals surface area contributed by atoms with Crippen LogP contribution in [0.1, 0.15) is 20.3 Å². The highest BCUT2D eigenvalue weighted by Crippen LogP contribution is 2.07. The van der Waals surface area contributed by atoms with E-state index in [1.807, 2.05) is 6.92 Å². The number of nitrogens with one attached hydrogen (secondary N) is 1. The first-order valence-corrected chi connectivity index (χ1v) is 2.93. The Bertz CT molecular complexity index is 109. The third-order valence-electron chi connectivity index (χ3n) is 1.25. The van der Waals surface area contributed by atoms with Crippen LogP contribution in [0, 0.1) is 0 Å². The van der Waals surface area contributed by atoms with Crippen molar-refractivity contribution in [3.63, 3.8) is 0 Å². The molecule has 1 atom stereocenters. The molecule has 0 aromatic carbocycles. The number of hydrogen-bond acceptors (Lipinski definition) is 2. The quantitative estimate of drug-likeness (QED) is 0.551. The molecule has 1 aliphatic heterocycles. The highest BCUT2D eigenvalue weighted by atomic mass is 16.7. The van der Waals surface area contributed by atoms with Crippen LogP contribution in [0.4, 0.5) is 0 Å². The smallest absolute Gasteiger partial charge is 0.118 e. The summed E-state index contributed by atoms with van der Waals surface area (Å²) in [6.45, 7) is 4.07. The van der Waals surface area contributed by atoms with Gasteiger partial charge < -0.3 is 4.84 Å². The topological polar surface area (TPSA) is 21.3 Å². The summed E-state index contributed by atoms with van der Waals surface area (Å²) in [6, 6.07) is 0.440. The molecule has 0 aromatic rings. The Morgan fingerprint density at radius 2 is 2.62 bits per heavy atom. The minimum absolute atomic E-state index is 0.440. The number of hydroxylamine groups is 1. The molecule has 0 aliphatic carbocycles. The van der Waals surface area contributed by atoms with Gasteiger partial charge in [0.05, 0.1) is 6.04 Å². The average Bonchev–Trinajstić information content (AvgIpc) is 2.14. The summed E-state index contributed by atoms with van der Waals surface area (Å²) in [6.07, 6.45) is 3.18. The largest absolute Gasteiger partial charge is 0.413 e. The van der Waals surface area contributed by atoms with Crippen LogP contribution in [0.2, 0.25) is 0 Å². The molecule has 1 heterocycles. The summed E-state index contributed by atoms with van der Waals surface area (Å²) in [5, 5.41) is 0. The van der Waals surface area contributed by atoms with Crippen LogP contribution < -0.4 is 5.48 Å². The lowest BCUT2D eigenvalue weighted by Gasteiger charge is -2.00. The molecule has 0 saturated carbocycles. The van der Waals surface area contributed by atoms with Crippen molar-refractivity contribution in [1.29, 1.82) is 0 Å². The van der Waals surface area contributed by atoms with Gasteiger partial charge in [0.2, 0.25) is 0 Å². The maximum atomic E-state index is 4.97. The maximum Gasteiger partial charge on any atom is 0.118 e. The summed E-state index contributed by atoms with van der Waals surface area (Å²) >= 11 is 0. The predicted molar refractivity (Wildman–Crippen MR) is 32.1 cm³/mol. The van der Waals surface area contributed by atoms with E-state index in [1.54, 1.807) is 0 Å². The molecule has 8 heavy (non-hydrogen) atoms. The molecule has 1 rings (SSSR count). The first-order valence-electron chi connectivity index (χ1n) is 2.93. The number of rotatable bonds is 1. The summed E-state index contributed by atoms with van der Waals surface area (Å²) < 4.78 is 0. The number of allylic oxidation sites excluding steroid dienone is 1. The highest BCUT2D eigenvalue weighted by molar-refractivity contribution is 5.00. The molecule has 0 saturated heterocycles. The molecule has 0 radical (unpaired) electrons. The minimum atomic E-state index is 0.440. The molecule has 0 spiro atoms. The molecular formula is C6H11NO. The van der Waals surface area contributed by atoms with Crippen molar-refractivity contribution < 1.29 is 4.84 Å². The van der Waals surface area contributed by atoms with E-state index in [9.17, 15) is 0 Å². The van der Waals surface area contributed by atoms with Crippen molar-refractivity contribution in [2.45, 2.75) is 26.3 Å². The summed E-state index contributed by atoms with van der Waals surface area (Å²) in [5.41, 5.74) is 2.86. The Kier molecular flexibility index (Phi) is 1.53. The second-order valence-corrected chi connectivity index (χ2v) is 2.01. The molecular weight excluding hydrogens is 102 g/mol. The Morgan fingerprint density at radius 3 is 2.88 bits per heavy atom. The molecule has 1 N–H and O–H groups in total. The van der Waals surface area contributed by atoms with Gasteiger partial charge in [-0.1, -0.05) is 6.92 Å². The van der Waals surface area contributed by atoms with Gasteiger partial charge in [-0.2, -0.15) is 5.48 Å². The van der Waals surface area contributed by atoms with Crippen LogP contribution in [0.15, 0.2) is 11.8 Å². The van der Waals surface area contributed by atoms with Crippen LogP contribution in [0.25, 0.3) is 0 Å². The van der Waals surface area contributed by atoms with Crippen LogP contribution in [0.5, 0.6) is 0 Å². The van der Waals surface area contributed by atoms with Crippen molar-refractivity contribution in [3.8, 4) is 0 Å². The zero-order valence-electron chi connectivity index (χ0n) is 5.27. The zero-order chi connectivity index (χ0) is 5.98. The first-order chi connectivity index (χ1) is 3.83. The third-order valence-corrected chi connectivity index (χ3v) is 1.25. The first kappa shape index (κ1) is 5.63. The van der Waals surface area contributed by atoms with Crippen molar-refractivity contribution in [2.75, 3.05) is 0 Å². The van der Waals surface area contributed by atoms with Crippen molar-refractivity contribution in [2.24, 2.45) is 0 Å². The van der Waals surface area contributed by atoms with Gasteiger partial charge in [-0.25, -0.2) is 0 Å². The number of hydrogen-bond donors (Lipinski definition) is 1. The fraction of sp³-hybridized carbons (Fsp3) is 0.667. The van der Waals surface area contributed by atoms with Gasteiger partial charge in [0.15, 0.2) is 0 Å². The van der Waals surface area contributed by atoms with E-state index in [0.717, 1.165) is 12.2 Å². The standard InChI is InChI=1S/C6H11NO/c1-3-6-4-5(2)8-7-6/h4,6-7H,3H2,1-2H3. The van der Waals surface area contributed by atoms with E-state index in [1.165, 1.54) is 0 Å². The van der Waals surface area contributed by atoms with Gasteiger partial charge >= 0.3 is 0 Å². The molecule has 0 fully saturated rings. The van der Waals surface area contributed by atoms with Crippen molar-refractivity contribution >= 4 is 0 Å². The molecule has 0 aromatic heterocycles. The molecule has 0 bridgehead atoms.